The fourth-order valence-corrected chi connectivity index (χ4v) is 2.98. The Morgan fingerprint density at radius 3 is 2.10 bits per heavy atom. The zero-order chi connectivity index (χ0) is 21.3. The predicted molar refractivity (Wildman–Crippen MR) is 116 cm³/mol. The van der Waals surface area contributed by atoms with Gasteiger partial charge in [-0.05, 0) is 48.4 Å². The van der Waals surface area contributed by atoms with Crippen molar-refractivity contribution in [1.82, 2.24) is 0 Å². The molecule has 0 aliphatic carbocycles. The van der Waals surface area contributed by atoms with Gasteiger partial charge in [0, 0.05) is 29.8 Å². The highest BCUT2D eigenvalue weighted by Gasteiger charge is 2.11. The molecule has 1 heterocycles. The Morgan fingerprint density at radius 2 is 1.50 bits per heavy atom. The van der Waals surface area contributed by atoms with Crippen LogP contribution in [0.3, 0.4) is 0 Å². The largest absolute Gasteiger partial charge is 0.459 e. The number of nitrogens with one attached hydrogen (secondary N) is 2. The van der Waals surface area contributed by atoms with E-state index in [9.17, 15) is 14.4 Å². The number of benzene rings is 2. The van der Waals surface area contributed by atoms with Gasteiger partial charge in [0.1, 0.15) is 0 Å². The molecule has 0 fully saturated rings. The molecular weight excluding hydrogens is 380 g/mol. The Hall–Kier alpha value is -3.67. The van der Waals surface area contributed by atoms with Crippen LogP contribution >= 0.6 is 0 Å². The highest BCUT2D eigenvalue weighted by molar-refractivity contribution is 6.02. The predicted octanol–water partition coefficient (Wildman–Crippen LogP) is 5.09. The van der Waals surface area contributed by atoms with Crippen LogP contribution in [-0.4, -0.2) is 17.6 Å². The molecule has 6 heteroatoms. The molecule has 0 radical (unpaired) electrons. The molecule has 154 valence electrons. The number of anilines is 2. The first-order valence-corrected chi connectivity index (χ1v) is 9.92. The van der Waals surface area contributed by atoms with Gasteiger partial charge < -0.3 is 15.1 Å². The maximum atomic E-state index is 12.3. The Morgan fingerprint density at radius 1 is 0.833 bits per heavy atom. The van der Waals surface area contributed by atoms with Crippen molar-refractivity contribution >= 4 is 29.0 Å². The van der Waals surface area contributed by atoms with Gasteiger partial charge in [-0.2, -0.15) is 0 Å². The molecule has 2 amide bonds. The molecule has 1 aromatic heterocycles. The Balaban J connectivity index is 1.46. The summed E-state index contributed by atoms with van der Waals surface area (Å²) in [5.74, 6) is -0.419. The third-order valence-corrected chi connectivity index (χ3v) is 4.57. The quantitative estimate of drug-likeness (QED) is 0.487. The zero-order valence-electron chi connectivity index (χ0n) is 16.8. The number of aryl methyl sites for hydroxylation is 1. The van der Waals surface area contributed by atoms with Gasteiger partial charge in [-0.25, -0.2) is 0 Å². The molecule has 2 aromatic carbocycles. The molecule has 3 aromatic rings. The van der Waals surface area contributed by atoms with E-state index in [1.165, 1.54) is 11.8 Å². The van der Waals surface area contributed by atoms with E-state index in [1.807, 2.05) is 24.3 Å². The first-order valence-electron chi connectivity index (χ1n) is 9.92. The molecule has 0 saturated heterocycles. The van der Waals surface area contributed by atoms with Crippen LogP contribution in [0.5, 0.6) is 0 Å². The minimum absolute atomic E-state index is 0.0517. The number of carbonyl (C=O) groups is 3. The molecule has 0 unspecified atom stereocenters. The van der Waals surface area contributed by atoms with E-state index < -0.39 is 0 Å². The van der Waals surface area contributed by atoms with E-state index in [0.717, 1.165) is 12.8 Å². The summed E-state index contributed by atoms with van der Waals surface area (Å²) in [6, 6.07) is 17.5. The number of ketones is 1. The van der Waals surface area contributed by atoms with Crippen LogP contribution in [0.4, 0.5) is 11.4 Å². The SMILES string of the molecule is CCCc1ccc(C(=O)CCC(=O)Nc2ccc(NC(=O)c3ccco3)cc2)cc1. The fraction of sp³-hybridized carbons (Fsp3) is 0.208. The summed E-state index contributed by atoms with van der Waals surface area (Å²) in [6.45, 7) is 2.11. The van der Waals surface area contributed by atoms with Crippen molar-refractivity contribution in [1.29, 1.82) is 0 Å². The summed E-state index contributed by atoms with van der Waals surface area (Å²) < 4.78 is 5.04. The van der Waals surface area contributed by atoms with Crippen LogP contribution in [-0.2, 0) is 11.2 Å². The third kappa shape index (κ3) is 5.91. The lowest BCUT2D eigenvalue weighted by Gasteiger charge is -2.07. The van der Waals surface area contributed by atoms with Gasteiger partial charge in [-0.1, -0.05) is 37.6 Å². The van der Waals surface area contributed by atoms with Crippen molar-refractivity contribution in [2.75, 3.05) is 10.6 Å². The van der Waals surface area contributed by atoms with E-state index in [4.69, 9.17) is 4.42 Å². The molecule has 0 atom stereocenters. The van der Waals surface area contributed by atoms with Gasteiger partial charge in [0.05, 0.1) is 6.26 Å². The number of hydrogen-bond acceptors (Lipinski definition) is 4. The van der Waals surface area contributed by atoms with E-state index in [1.54, 1.807) is 36.4 Å². The van der Waals surface area contributed by atoms with Crippen molar-refractivity contribution in [2.24, 2.45) is 0 Å². The average molecular weight is 404 g/mol. The van der Waals surface area contributed by atoms with Gasteiger partial charge in [-0.3, -0.25) is 14.4 Å². The number of rotatable bonds is 9. The maximum Gasteiger partial charge on any atom is 0.291 e. The molecule has 0 spiro atoms. The van der Waals surface area contributed by atoms with Crippen LogP contribution in [0.2, 0.25) is 0 Å². The lowest BCUT2D eigenvalue weighted by atomic mass is 10.0. The molecule has 6 nitrogen and oxygen atoms in total. The van der Waals surface area contributed by atoms with Crippen LogP contribution in [0, 0.1) is 0 Å². The van der Waals surface area contributed by atoms with E-state index >= 15 is 0 Å². The topological polar surface area (TPSA) is 88.4 Å². The maximum absolute atomic E-state index is 12.3. The molecule has 0 saturated carbocycles. The minimum Gasteiger partial charge on any atom is -0.459 e. The summed E-state index contributed by atoms with van der Waals surface area (Å²) in [5.41, 5.74) is 3.00. The van der Waals surface area contributed by atoms with Crippen molar-refractivity contribution < 1.29 is 18.8 Å². The standard InChI is InChI=1S/C24H24N2O4/c1-2-4-17-6-8-18(9-7-17)21(27)14-15-23(28)25-19-10-12-20(13-11-19)26-24(29)22-5-3-16-30-22/h3,5-13,16H,2,4,14-15H2,1H3,(H,25,28)(H,26,29). The summed E-state index contributed by atoms with van der Waals surface area (Å²) in [6.07, 6.45) is 3.73. The first-order chi connectivity index (χ1) is 14.5. The summed E-state index contributed by atoms with van der Waals surface area (Å²) in [5, 5.41) is 5.47. The number of hydrogen-bond donors (Lipinski definition) is 2. The molecule has 0 bridgehead atoms. The van der Waals surface area contributed by atoms with Crippen LogP contribution in [0.1, 0.15) is 52.7 Å². The van der Waals surface area contributed by atoms with Crippen molar-refractivity contribution in [3.8, 4) is 0 Å². The second kappa shape index (κ2) is 10.2. The smallest absolute Gasteiger partial charge is 0.291 e. The van der Waals surface area contributed by atoms with Gasteiger partial charge >= 0.3 is 0 Å². The molecule has 0 aliphatic rings. The molecule has 2 N–H and O–H groups in total. The fourth-order valence-electron chi connectivity index (χ4n) is 2.98. The normalized spacial score (nSPS) is 10.4. The number of carbonyl (C=O) groups excluding carboxylic acids is 3. The highest BCUT2D eigenvalue weighted by atomic mass is 16.3. The first kappa shape index (κ1) is 21.0. The second-order valence-corrected chi connectivity index (χ2v) is 6.93. The van der Waals surface area contributed by atoms with E-state index in [0.29, 0.717) is 16.9 Å². The number of amides is 2. The Labute approximate surface area is 175 Å². The summed E-state index contributed by atoms with van der Waals surface area (Å²) >= 11 is 0. The minimum atomic E-state index is -0.349. The molecular formula is C24H24N2O4. The Bertz CT molecular complexity index is 991. The summed E-state index contributed by atoms with van der Waals surface area (Å²) in [4.78, 5) is 36.4. The average Bonchev–Trinajstić information content (AvgIpc) is 3.29. The van der Waals surface area contributed by atoms with Gasteiger partial charge in [-0.15, -0.1) is 0 Å². The Kier molecular flexibility index (Phi) is 7.16. The van der Waals surface area contributed by atoms with Crippen molar-refractivity contribution in [2.45, 2.75) is 32.6 Å². The summed E-state index contributed by atoms with van der Waals surface area (Å²) in [7, 11) is 0. The third-order valence-electron chi connectivity index (χ3n) is 4.57. The van der Waals surface area contributed by atoms with Gasteiger partial charge in [0.25, 0.3) is 5.91 Å². The monoisotopic (exact) mass is 404 g/mol. The lowest BCUT2D eigenvalue weighted by molar-refractivity contribution is -0.116. The molecule has 30 heavy (non-hydrogen) atoms. The second-order valence-electron chi connectivity index (χ2n) is 6.93. The zero-order valence-corrected chi connectivity index (χ0v) is 16.8. The van der Waals surface area contributed by atoms with E-state index in [-0.39, 0.29) is 36.2 Å². The number of furan rings is 1. The lowest BCUT2D eigenvalue weighted by Crippen LogP contribution is -2.14. The van der Waals surface area contributed by atoms with Crippen LogP contribution in [0.25, 0.3) is 0 Å². The van der Waals surface area contributed by atoms with Gasteiger partial charge in [0.2, 0.25) is 5.91 Å². The van der Waals surface area contributed by atoms with Crippen molar-refractivity contribution in [3.05, 3.63) is 83.8 Å². The van der Waals surface area contributed by atoms with Crippen molar-refractivity contribution in [3.63, 3.8) is 0 Å². The highest BCUT2D eigenvalue weighted by Crippen LogP contribution is 2.16. The number of Topliss-reactive ketones (excluding diaryl/α,β-unsaturated/α-hetero) is 1. The van der Waals surface area contributed by atoms with E-state index in [2.05, 4.69) is 17.6 Å². The van der Waals surface area contributed by atoms with Gasteiger partial charge in [0.15, 0.2) is 11.5 Å². The van der Waals surface area contributed by atoms with Crippen LogP contribution in [0.15, 0.2) is 71.3 Å². The molecule has 3 rings (SSSR count). The van der Waals surface area contributed by atoms with Crippen LogP contribution < -0.4 is 10.6 Å². The molecule has 0 aliphatic heterocycles.